The van der Waals surface area contributed by atoms with Gasteiger partial charge in [-0.2, -0.15) is 4.31 Å². The van der Waals surface area contributed by atoms with E-state index in [4.69, 9.17) is 10.5 Å². The van der Waals surface area contributed by atoms with Crippen LogP contribution in [0.1, 0.15) is 22.8 Å². The second-order valence-corrected chi connectivity index (χ2v) is 7.51. The minimum Gasteiger partial charge on any atom is -0.379 e. The molecular weight excluding hydrogens is 318 g/mol. The van der Waals surface area contributed by atoms with Crippen molar-refractivity contribution in [2.24, 2.45) is 5.73 Å². The number of hydrogen-bond donors (Lipinski definition) is 2. The van der Waals surface area contributed by atoms with Crippen LogP contribution >= 0.6 is 0 Å². The van der Waals surface area contributed by atoms with E-state index in [0.29, 0.717) is 44.0 Å². The van der Waals surface area contributed by atoms with Crippen molar-refractivity contribution in [1.29, 1.82) is 0 Å². The lowest BCUT2D eigenvalue weighted by Gasteiger charge is -2.26. The van der Waals surface area contributed by atoms with Crippen LogP contribution in [0.3, 0.4) is 0 Å². The monoisotopic (exact) mass is 341 g/mol. The molecule has 1 atom stereocenters. The Morgan fingerprint density at radius 3 is 2.65 bits per heavy atom. The zero-order valence-corrected chi connectivity index (χ0v) is 14.2. The van der Waals surface area contributed by atoms with Crippen molar-refractivity contribution in [1.82, 2.24) is 9.62 Å². The summed E-state index contributed by atoms with van der Waals surface area (Å²) in [6, 6.07) is 4.52. The van der Waals surface area contributed by atoms with E-state index in [-0.39, 0.29) is 16.8 Å². The third-order valence-corrected chi connectivity index (χ3v) is 5.81. The molecule has 0 radical (unpaired) electrons. The zero-order valence-electron chi connectivity index (χ0n) is 13.4. The van der Waals surface area contributed by atoms with Gasteiger partial charge in [0.05, 0.1) is 18.1 Å². The highest BCUT2D eigenvalue weighted by molar-refractivity contribution is 7.89. The topological polar surface area (TPSA) is 102 Å². The fourth-order valence-electron chi connectivity index (χ4n) is 2.31. The van der Waals surface area contributed by atoms with Gasteiger partial charge in [-0.3, -0.25) is 4.79 Å². The van der Waals surface area contributed by atoms with Gasteiger partial charge in [-0.15, -0.1) is 0 Å². The van der Waals surface area contributed by atoms with E-state index in [1.807, 2.05) is 0 Å². The van der Waals surface area contributed by atoms with Crippen LogP contribution in [0.15, 0.2) is 23.1 Å². The Balaban J connectivity index is 2.31. The number of nitrogens with zero attached hydrogens (tertiary/aromatic N) is 1. The molecule has 1 aromatic carbocycles. The molecule has 0 aliphatic carbocycles. The number of carbonyl (C=O) groups is 1. The second-order valence-electron chi connectivity index (χ2n) is 5.61. The van der Waals surface area contributed by atoms with Crippen LogP contribution in [-0.2, 0) is 14.8 Å². The first-order valence-electron chi connectivity index (χ1n) is 7.55. The van der Waals surface area contributed by atoms with Gasteiger partial charge in [-0.05, 0) is 31.5 Å². The van der Waals surface area contributed by atoms with E-state index in [1.54, 1.807) is 26.0 Å². The SMILES string of the molecule is Cc1ccc(C(=O)N[C@@H](C)CN)cc1S(=O)(=O)N1CCOCC1. The number of aryl methyl sites for hydroxylation is 1. The van der Waals surface area contributed by atoms with E-state index in [1.165, 1.54) is 10.4 Å². The van der Waals surface area contributed by atoms with E-state index in [0.717, 1.165) is 0 Å². The van der Waals surface area contributed by atoms with Gasteiger partial charge in [0.1, 0.15) is 0 Å². The molecule has 8 heteroatoms. The van der Waals surface area contributed by atoms with Gasteiger partial charge in [0.25, 0.3) is 5.91 Å². The molecule has 1 fully saturated rings. The number of ether oxygens (including phenoxy) is 1. The van der Waals surface area contributed by atoms with Gasteiger partial charge in [0, 0.05) is 31.2 Å². The molecule has 1 aromatic rings. The van der Waals surface area contributed by atoms with Crippen LogP contribution in [-0.4, -0.2) is 57.5 Å². The molecule has 1 aliphatic heterocycles. The van der Waals surface area contributed by atoms with Crippen LogP contribution in [0.25, 0.3) is 0 Å². The number of carbonyl (C=O) groups excluding carboxylic acids is 1. The largest absolute Gasteiger partial charge is 0.379 e. The lowest BCUT2D eigenvalue weighted by Crippen LogP contribution is -2.41. The van der Waals surface area contributed by atoms with Crippen molar-refractivity contribution in [2.75, 3.05) is 32.8 Å². The molecule has 1 aliphatic rings. The quantitative estimate of drug-likeness (QED) is 0.790. The third kappa shape index (κ3) is 4.08. The molecule has 3 N–H and O–H groups in total. The number of amides is 1. The summed E-state index contributed by atoms with van der Waals surface area (Å²) >= 11 is 0. The smallest absolute Gasteiger partial charge is 0.251 e. The van der Waals surface area contributed by atoms with Gasteiger partial charge in [0.2, 0.25) is 10.0 Å². The fraction of sp³-hybridized carbons (Fsp3) is 0.533. The molecule has 7 nitrogen and oxygen atoms in total. The number of benzene rings is 1. The maximum absolute atomic E-state index is 12.8. The Kier molecular flexibility index (Phi) is 5.74. The van der Waals surface area contributed by atoms with Crippen molar-refractivity contribution in [3.63, 3.8) is 0 Å². The highest BCUT2D eigenvalue weighted by atomic mass is 32.2. The molecule has 0 unspecified atom stereocenters. The summed E-state index contributed by atoms with van der Waals surface area (Å²) in [7, 11) is -3.63. The van der Waals surface area contributed by atoms with Crippen LogP contribution in [0, 0.1) is 6.92 Å². The van der Waals surface area contributed by atoms with Crippen molar-refractivity contribution < 1.29 is 17.9 Å². The molecule has 2 rings (SSSR count). The summed E-state index contributed by atoms with van der Waals surface area (Å²) in [6.45, 7) is 5.23. The van der Waals surface area contributed by atoms with E-state index in [2.05, 4.69) is 5.32 Å². The van der Waals surface area contributed by atoms with Gasteiger partial charge >= 0.3 is 0 Å². The molecule has 1 heterocycles. The molecule has 0 aromatic heterocycles. The minimum absolute atomic E-state index is 0.160. The summed E-state index contributed by atoms with van der Waals surface area (Å²) in [4.78, 5) is 12.3. The van der Waals surface area contributed by atoms with Crippen LogP contribution in [0.2, 0.25) is 0 Å². The highest BCUT2D eigenvalue weighted by Crippen LogP contribution is 2.22. The molecule has 1 amide bonds. The van der Waals surface area contributed by atoms with Crippen LogP contribution in [0.4, 0.5) is 0 Å². The second kappa shape index (κ2) is 7.39. The highest BCUT2D eigenvalue weighted by Gasteiger charge is 2.28. The zero-order chi connectivity index (χ0) is 17.0. The molecule has 1 saturated heterocycles. The minimum atomic E-state index is -3.63. The predicted octanol–water partition coefficient (Wildman–Crippen LogP) is 0.0929. The number of hydrogen-bond acceptors (Lipinski definition) is 5. The van der Waals surface area contributed by atoms with Crippen molar-refractivity contribution >= 4 is 15.9 Å². The number of nitrogens with one attached hydrogen (secondary N) is 1. The Morgan fingerprint density at radius 2 is 2.04 bits per heavy atom. The van der Waals surface area contributed by atoms with Crippen molar-refractivity contribution in [3.8, 4) is 0 Å². The first-order valence-corrected chi connectivity index (χ1v) is 8.99. The van der Waals surface area contributed by atoms with Gasteiger partial charge < -0.3 is 15.8 Å². The number of sulfonamides is 1. The molecule has 0 spiro atoms. The predicted molar refractivity (Wildman–Crippen MR) is 86.7 cm³/mol. The molecule has 128 valence electrons. The van der Waals surface area contributed by atoms with Gasteiger partial charge in [0.15, 0.2) is 0 Å². The first kappa shape index (κ1) is 17.9. The van der Waals surface area contributed by atoms with E-state index < -0.39 is 10.0 Å². The molecule has 0 saturated carbocycles. The number of nitrogens with two attached hydrogens (primary N) is 1. The Bertz CT molecular complexity index is 669. The summed E-state index contributed by atoms with van der Waals surface area (Å²) in [5, 5.41) is 2.73. The lowest BCUT2D eigenvalue weighted by atomic mass is 10.1. The maximum atomic E-state index is 12.8. The van der Waals surface area contributed by atoms with Crippen LogP contribution in [0.5, 0.6) is 0 Å². The number of rotatable bonds is 5. The Labute approximate surface area is 136 Å². The number of morpholine rings is 1. The van der Waals surface area contributed by atoms with Gasteiger partial charge in [-0.25, -0.2) is 8.42 Å². The standard InChI is InChI=1S/C15H23N3O4S/c1-11-3-4-13(15(19)17-12(2)10-16)9-14(11)23(20,21)18-5-7-22-8-6-18/h3-4,9,12H,5-8,10,16H2,1-2H3,(H,17,19)/t12-/m0/s1. The lowest BCUT2D eigenvalue weighted by molar-refractivity contribution is 0.0730. The first-order chi connectivity index (χ1) is 10.9. The van der Waals surface area contributed by atoms with Crippen LogP contribution < -0.4 is 11.1 Å². The molecule has 23 heavy (non-hydrogen) atoms. The average Bonchev–Trinajstić information content (AvgIpc) is 2.55. The molecule has 0 bridgehead atoms. The van der Waals surface area contributed by atoms with Crippen molar-refractivity contribution in [2.45, 2.75) is 24.8 Å². The molecular formula is C15H23N3O4S. The summed E-state index contributed by atoms with van der Waals surface area (Å²) in [5.41, 5.74) is 6.41. The maximum Gasteiger partial charge on any atom is 0.251 e. The third-order valence-electron chi connectivity index (χ3n) is 3.77. The van der Waals surface area contributed by atoms with Crippen molar-refractivity contribution in [3.05, 3.63) is 29.3 Å². The van der Waals surface area contributed by atoms with E-state index in [9.17, 15) is 13.2 Å². The Morgan fingerprint density at radius 1 is 1.39 bits per heavy atom. The fourth-order valence-corrected chi connectivity index (χ4v) is 3.97. The Hall–Kier alpha value is -1.48. The summed E-state index contributed by atoms with van der Waals surface area (Å²) < 4.78 is 32.1. The van der Waals surface area contributed by atoms with Gasteiger partial charge in [-0.1, -0.05) is 6.07 Å². The summed E-state index contributed by atoms with van der Waals surface area (Å²) in [5.74, 6) is -0.332. The summed E-state index contributed by atoms with van der Waals surface area (Å²) in [6.07, 6.45) is 0. The normalized spacial score (nSPS) is 17.7. The average molecular weight is 341 g/mol. The van der Waals surface area contributed by atoms with E-state index >= 15 is 0 Å².